The van der Waals surface area contributed by atoms with Crippen molar-refractivity contribution in [3.63, 3.8) is 0 Å². The minimum Gasteiger partial charge on any atom is -0.308 e. The third-order valence-electron chi connectivity index (χ3n) is 4.14. The maximum Gasteiger partial charge on any atom is 0.228 e. The van der Waals surface area contributed by atoms with Gasteiger partial charge in [0.15, 0.2) is 0 Å². The molecule has 0 spiro atoms. The van der Waals surface area contributed by atoms with Crippen molar-refractivity contribution >= 4 is 23.1 Å². The molecule has 4 rings (SSSR count). The summed E-state index contributed by atoms with van der Waals surface area (Å²) in [4.78, 5) is 12.6. The first-order valence-electron chi connectivity index (χ1n) is 8.45. The Hall–Kier alpha value is -3.20. The standard InChI is InChI=1S/C19H15F2N6S/c1-3-27-17(25-19-23-7-4-8-24-19)14(16(26-27)18-22-9-10-28-18)12-5-6-13(20)11(2)15(12)21/h4-10H,2-3H2,1H3,(H,23,24,25). The zero-order valence-corrected chi connectivity index (χ0v) is 15.7. The zero-order valence-electron chi connectivity index (χ0n) is 14.9. The number of nitrogens with one attached hydrogen (secondary N) is 1. The number of benzene rings is 1. The van der Waals surface area contributed by atoms with Gasteiger partial charge in [-0.25, -0.2) is 28.4 Å². The van der Waals surface area contributed by atoms with E-state index in [1.807, 2.05) is 12.3 Å². The Morgan fingerprint density at radius 2 is 1.93 bits per heavy atom. The van der Waals surface area contributed by atoms with Crippen LogP contribution in [-0.2, 0) is 6.54 Å². The lowest BCUT2D eigenvalue weighted by atomic mass is 10.0. The molecule has 141 valence electrons. The summed E-state index contributed by atoms with van der Waals surface area (Å²) < 4.78 is 30.5. The number of hydrogen-bond donors (Lipinski definition) is 1. The molecule has 0 saturated heterocycles. The van der Waals surface area contributed by atoms with E-state index in [-0.39, 0.29) is 11.1 Å². The smallest absolute Gasteiger partial charge is 0.228 e. The molecular formula is C19H15F2N6S. The Kier molecular flexibility index (Phi) is 4.82. The first-order chi connectivity index (χ1) is 13.6. The van der Waals surface area contributed by atoms with E-state index in [0.717, 1.165) is 0 Å². The maximum atomic E-state index is 15.0. The van der Waals surface area contributed by atoms with Crippen molar-refractivity contribution in [2.75, 3.05) is 5.32 Å². The monoisotopic (exact) mass is 397 g/mol. The van der Waals surface area contributed by atoms with E-state index in [1.165, 1.54) is 23.5 Å². The third-order valence-corrected chi connectivity index (χ3v) is 4.92. The molecule has 1 radical (unpaired) electrons. The highest BCUT2D eigenvalue weighted by molar-refractivity contribution is 7.13. The molecule has 1 N–H and O–H groups in total. The Morgan fingerprint density at radius 1 is 1.14 bits per heavy atom. The van der Waals surface area contributed by atoms with E-state index in [1.54, 1.807) is 29.3 Å². The molecule has 28 heavy (non-hydrogen) atoms. The summed E-state index contributed by atoms with van der Waals surface area (Å²) in [6, 6.07) is 4.27. The first kappa shape index (κ1) is 18.2. The number of aromatic nitrogens is 5. The molecule has 0 aliphatic rings. The van der Waals surface area contributed by atoms with Crippen molar-refractivity contribution in [3.8, 4) is 21.8 Å². The normalized spacial score (nSPS) is 11.0. The highest BCUT2D eigenvalue weighted by Crippen LogP contribution is 2.41. The van der Waals surface area contributed by atoms with Crippen LogP contribution in [-0.4, -0.2) is 24.7 Å². The van der Waals surface area contributed by atoms with Gasteiger partial charge in [0.25, 0.3) is 0 Å². The molecule has 3 heterocycles. The molecule has 6 nitrogen and oxygen atoms in total. The van der Waals surface area contributed by atoms with Crippen LogP contribution in [0.1, 0.15) is 12.5 Å². The molecule has 4 aromatic rings. The lowest BCUT2D eigenvalue weighted by Crippen LogP contribution is -2.06. The minimum atomic E-state index is -0.745. The van der Waals surface area contributed by atoms with Crippen molar-refractivity contribution < 1.29 is 8.78 Å². The summed E-state index contributed by atoms with van der Waals surface area (Å²) >= 11 is 1.38. The summed E-state index contributed by atoms with van der Waals surface area (Å²) in [5.41, 5.74) is 0.815. The fraction of sp³-hybridized carbons (Fsp3) is 0.105. The van der Waals surface area contributed by atoms with Crippen LogP contribution in [0.4, 0.5) is 20.5 Å². The van der Waals surface area contributed by atoms with Crippen LogP contribution in [0.25, 0.3) is 21.8 Å². The Bertz CT molecular complexity index is 1110. The quantitative estimate of drug-likeness (QED) is 0.529. The summed E-state index contributed by atoms with van der Waals surface area (Å²) in [5, 5.41) is 10.1. The highest BCUT2D eigenvalue weighted by Gasteiger charge is 2.26. The Balaban J connectivity index is 1.99. The molecule has 0 bridgehead atoms. The van der Waals surface area contributed by atoms with Crippen LogP contribution < -0.4 is 5.32 Å². The van der Waals surface area contributed by atoms with E-state index in [0.29, 0.717) is 34.6 Å². The summed E-state index contributed by atoms with van der Waals surface area (Å²) in [6.07, 6.45) is 4.84. The van der Waals surface area contributed by atoms with Gasteiger partial charge in [0.05, 0.1) is 5.56 Å². The lowest BCUT2D eigenvalue weighted by Gasteiger charge is -2.12. The number of nitrogens with zero attached hydrogens (tertiary/aromatic N) is 5. The van der Waals surface area contributed by atoms with E-state index < -0.39 is 11.6 Å². The van der Waals surface area contributed by atoms with Gasteiger partial charge in [-0.3, -0.25) is 0 Å². The van der Waals surface area contributed by atoms with E-state index in [2.05, 4.69) is 32.3 Å². The van der Waals surface area contributed by atoms with Gasteiger partial charge in [-0.1, -0.05) is 0 Å². The lowest BCUT2D eigenvalue weighted by molar-refractivity contribution is 0.577. The molecule has 0 aliphatic carbocycles. The van der Waals surface area contributed by atoms with Gasteiger partial charge in [-0.05, 0) is 32.0 Å². The van der Waals surface area contributed by atoms with Gasteiger partial charge in [0, 0.05) is 41.6 Å². The van der Waals surface area contributed by atoms with E-state index >= 15 is 0 Å². The number of anilines is 2. The largest absolute Gasteiger partial charge is 0.308 e. The topological polar surface area (TPSA) is 68.5 Å². The van der Waals surface area contributed by atoms with Crippen molar-refractivity contribution in [1.82, 2.24) is 24.7 Å². The van der Waals surface area contributed by atoms with Crippen molar-refractivity contribution in [3.05, 3.63) is 66.3 Å². The van der Waals surface area contributed by atoms with Crippen LogP contribution in [0.3, 0.4) is 0 Å². The second kappa shape index (κ2) is 7.43. The first-order valence-corrected chi connectivity index (χ1v) is 9.33. The van der Waals surface area contributed by atoms with Gasteiger partial charge < -0.3 is 5.32 Å². The summed E-state index contributed by atoms with van der Waals surface area (Å²) in [5.74, 6) is -0.628. The number of thiazole rings is 1. The zero-order chi connectivity index (χ0) is 19.7. The van der Waals surface area contributed by atoms with Gasteiger partial charge in [0.2, 0.25) is 5.95 Å². The van der Waals surface area contributed by atoms with Crippen LogP contribution in [0.15, 0.2) is 42.2 Å². The molecule has 0 fully saturated rings. The van der Waals surface area contributed by atoms with Gasteiger partial charge in [-0.15, -0.1) is 11.3 Å². The molecule has 1 aromatic carbocycles. The Labute approximate surface area is 163 Å². The van der Waals surface area contributed by atoms with Crippen molar-refractivity contribution in [2.24, 2.45) is 0 Å². The number of halogens is 2. The van der Waals surface area contributed by atoms with Gasteiger partial charge in [-0.2, -0.15) is 5.10 Å². The highest BCUT2D eigenvalue weighted by atomic mass is 32.1. The van der Waals surface area contributed by atoms with Gasteiger partial charge in [0.1, 0.15) is 28.2 Å². The van der Waals surface area contributed by atoms with E-state index in [9.17, 15) is 8.78 Å². The minimum absolute atomic E-state index is 0.176. The fourth-order valence-corrected chi connectivity index (χ4v) is 3.45. The average molecular weight is 397 g/mol. The molecule has 0 saturated carbocycles. The SMILES string of the molecule is [CH2]c1c(F)ccc(-c2c(-c3nccs3)nn(CC)c2Nc2ncccn2)c1F. The molecule has 0 atom stereocenters. The maximum absolute atomic E-state index is 15.0. The predicted octanol–water partition coefficient (Wildman–Crippen LogP) is 4.69. The van der Waals surface area contributed by atoms with E-state index in [4.69, 9.17) is 0 Å². The van der Waals surface area contributed by atoms with Crippen LogP contribution >= 0.6 is 11.3 Å². The molecule has 0 aliphatic heterocycles. The molecule has 0 amide bonds. The summed E-state index contributed by atoms with van der Waals surface area (Å²) in [6.45, 7) is 5.92. The molecular weight excluding hydrogens is 382 g/mol. The van der Waals surface area contributed by atoms with Crippen molar-refractivity contribution in [2.45, 2.75) is 13.5 Å². The van der Waals surface area contributed by atoms with Gasteiger partial charge >= 0.3 is 0 Å². The fourth-order valence-electron chi connectivity index (χ4n) is 2.82. The Morgan fingerprint density at radius 3 is 2.61 bits per heavy atom. The second-order valence-electron chi connectivity index (χ2n) is 5.81. The molecule has 0 unspecified atom stereocenters. The molecule has 3 aromatic heterocycles. The predicted molar refractivity (Wildman–Crippen MR) is 104 cm³/mol. The van der Waals surface area contributed by atoms with Crippen LogP contribution in [0.2, 0.25) is 0 Å². The number of rotatable bonds is 5. The number of hydrogen-bond acceptors (Lipinski definition) is 6. The average Bonchev–Trinajstić information content (AvgIpc) is 3.35. The second-order valence-corrected chi connectivity index (χ2v) is 6.70. The summed E-state index contributed by atoms with van der Waals surface area (Å²) in [7, 11) is 0. The van der Waals surface area contributed by atoms with Crippen LogP contribution in [0, 0.1) is 18.6 Å². The molecule has 9 heteroatoms. The third kappa shape index (κ3) is 3.13. The number of aryl methyl sites for hydroxylation is 1. The van der Waals surface area contributed by atoms with Crippen LogP contribution in [0.5, 0.6) is 0 Å². The van der Waals surface area contributed by atoms with Crippen molar-refractivity contribution in [1.29, 1.82) is 0 Å².